The zero-order chi connectivity index (χ0) is 22.7. The van der Waals surface area contributed by atoms with Gasteiger partial charge in [-0.15, -0.1) is 0 Å². The van der Waals surface area contributed by atoms with Crippen molar-refractivity contribution in [3.05, 3.63) is 34.4 Å². The number of carbonyl (C=O) groups excluding carboxylic acids is 2. The molecule has 170 valence electrons. The average Bonchev–Trinajstić information content (AvgIpc) is 3.47. The number of carbonyl (C=O) groups is 2. The Morgan fingerprint density at radius 3 is 2.45 bits per heavy atom. The van der Waals surface area contributed by atoms with Gasteiger partial charge in [0.15, 0.2) is 0 Å². The summed E-state index contributed by atoms with van der Waals surface area (Å²) in [4.78, 5) is 26.8. The van der Waals surface area contributed by atoms with Crippen molar-refractivity contribution in [1.29, 1.82) is 0 Å². The fourth-order valence-electron chi connectivity index (χ4n) is 5.35. The molecule has 1 aromatic carbocycles. The minimum atomic E-state index is -4.43. The predicted molar refractivity (Wildman–Crippen MR) is 101 cm³/mol. The van der Waals surface area contributed by atoms with Crippen LogP contribution in [0.2, 0.25) is 5.02 Å². The highest BCUT2D eigenvalue weighted by Crippen LogP contribution is 2.60. The molecule has 0 spiro atoms. The second kappa shape index (κ2) is 7.50. The Morgan fingerprint density at radius 2 is 1.90 bits per heavy atom. The van der Waals surface area contributed by atoms with Crippen LogP contribution in [-0.2, 0) is 4.79 Å². The highest BCUT2D eigenvalue weighted by Gasteiger charge is 2.66. The van der Waals surface area contributed by atoms with Crippen molar-refractivity contribution in [2.75, 3.05) is 13.1 Å². The Balaban J connectivity index is 1.88. The summed E-state index contributed by atoms with van der Waals surface area (Å²) in [5, 5.41) is 1.88. The van der Waals surface area contributed by atoms with Crippen LogP contribution >= 0.6 is 11.6 Å². The van der Waals surface area contributed by atoms with Gasteiger partial charge in [-0.25, -0.2) is 13.6 Å². The minimum absolute atomic E-state index is 0.0417. The topological polar surface area (TPSA) is 75.4 Å². The Morgan fingerprint density at radius 1 is 1.26 bits per heavy atom. The number of halogens is 6. The van der Waals surface area contributed by atoms with Crippen molar-refractivity contribution >= 4 is 23.5 Å². The first-order chi connectivity index (χ1) is 14.5. The third-order valence-corrected chi connectivity index (χ3v) is 7.23. The normalized spacial score (nSPS) is 29.9. The van der Waals surface area contributed by atoms with Crippen LogP contribution in [0.3, 0.4) is 0 Å². The molecular formula is C20H21ClF5N3O2. The zero-order valence-corrected chi connectivity index (χ0v) is 17.1. The zero-order valence-electron chi connectivity index (χ0n) is 16.3. The maximum atomic E-state index is 15.2. The molecule has 1 aliphatic heterocycles. The van der Waals surface area contributed by atoms with E-state index in [2.05, 4.69) is 5.32 Å². The van der Waals surface area contributed by atoms with E-state index < -0.39 is 64.0 Å². The van der Waals surface area contributed by atoms with Gasteiger partial charge in [0.05, 0.1) is 5.92 Å². The molecule has 3 amide bonds. The van der Waals surface area contributed by atoms with E-state index in [1.54, 1.807) is 0 Å². The van der Waals surface area contributed by atoms with Crippen LogP contribution in [0.15, 0.2) is 12.1 Å². The standard InChI is InChI=1S/C20H21ClF5N3O2/c21-15-13(22)4-3-12(16(15)23)14(9-7-11(8-9)20(24,25)26)19(10-1-2-10)17(30)28-5-6-29(19)18(27)31/h3-4,9-11,14H,1-2,5-8H2,(H2,27,31)(H,28,30)/t9?,11?,14-,19?/m0/s1. The maximum Gasteiger partial charge on any atom is 0.391 e. The third-order valence-electron chi connectivity index (χ3n) is 6.88. The summed E-state index contributed by atoms with van der Waals surface area (Å²) in [7, 11) is 0. The fourth-order valence-corrected chi connectivity index (χ4v) is 5.52. The first-order valence-corrected chi connectivity index (χ1v) is 10.4. The number of hydrogen-bond acceptors (Lipinski definition) is 2. The Labute approximate surface area is 180 Å². The van der Waals surface area contributed by atoms with Crippen molar-refractivity contribution in [2.24, 2.45) is 23.5 Å². The molecule has 1 unspecified atom stereocenters. The SMILES string of the molecule is NC(=O)N1CCNC(=O)C1(C1CC1)[C@H](c1ccc(F)c(Cl)c1F)C1CC(C(F)(F)F)C1. The number of urea groups is 1. The first kappa shape index (κ1) is 22.1. The van der Waals surface area contributed by atoms with Crippen LogP contribution in [-0.4, -0.2) is 41.6 Å². The molecule has 1 aromatic rings. The van der Waals surface area contributed by atoms with E-state index in [0.717, 1.165) is 17.0 Å². The summed E-state index contributed by atoms with van der Waals surface area (Å²) >= 11 is 5.77. The van der Waals surface area contributed by atoms with Crippen LogP contribution in [0, 0.1) is 29.4 Å². The van der Waals surface area contributed by atoms with Gasteiger partial charge in [-0.1, -0.05) is 17.7 Å². The van der Waals surface area contributed by atoms with Gasteiger partial charge < -0.3 is 16.0 Å². The van der Waals surface area contributed by atoms with E-state index in [1.807, 2.05) is 0 Å². The van der Waals surface area contributed by atoms with Crippen molar-refractivity contribution in [1.82, 2.24) is 10.2 Å². The number of rotatable bonds is 4. The molecule has 31 heavy (non-hydrogen) atoms. The van der Waals surface area contributed by atoms with E-state index in [4.69, 9.17) is 17.3 Å². The summed E-state index contributed by atoms with van der Waals surface area (Å²) in [6.45, 7) is 0.158. The first-order valence-electron chi connectivity index (χ1n) is 10.0. The molecule has 2 aliphatic carbocycles. The van der Waals surface area contributed by atoms with Crippen LogP contribution in [0.1, 0.15) is 37.2 Å². The van der Waals surface area contributed by atoms with Gasteiger partial charge in [0, 0.05) is 19.0 Å². The van der Waals surface area contributed by atoms with Crippen molar-refractivity contribution < 1.29 is 31.5 Å². The largest absolute Gasteiger partial charge is 0.391 e. The molecule has 3 fully saturated rings. The van der Waals surface area contributed by atoms with Crippen LogP contribution < -0.4 is 11.1 Å². The lowest BCUT2D eigenvalue weighted by Crippen LogP contribution is -2.72. The smallest absolute Gasteiger partial charge is 0.352 e. The second-order valence-electron chi connectivity index (χ2n) is 8.56. The fraction of sp³-hybridized carbons (Fsp3) is 0.600. The molecule has 11 heteroatoms. The molecule has 4 rings (SSSR count). The van der Waals surface area contributed by atoms with Gasteiger partial charge in [-0.3, -0.25) is 4.79 Å². The minimum Gasteiger partial charge on any atom is -0.352 e. The number of nitrogens with one attached hydrogen (secondary N) is 1. The molecule has 3 aliphatic rings. The summed E-state index contributed by atoms with van der Waals surface area (Å²) in [5.74, 6) is -6.66. The summed E-state index contributed by atoms with van der Waals surface area (Å²) in [6.07, 6.45) is -4.04. The van der Waals surface area contributed by atoms with Gasteiger partial charge in [-0.2, -0.15) is 13.2 Å². The maximum absolute atomic E-state index is 15.2. The number of primary amides is 1. The quantitative estimate of drug-likeness (QED) is 0.522. The molecule has 2 atom stereocenters. The predicted octanol–water partition coefficient (Wildman–Crippen LogP) is 3.95. The van der Waals surface area contributed by atoms with Gasteiger partial charge >= 0.3 is 12.2 Å². The van der Waals surface area contributed by atoms with Crippen molar-refractivity contribution in [2.45, 2.75) is 43.3 Å². The molecule has 5 nitrogen and oxygen atoms in total. The van der Waals surface area contributed by atoms with Gasteiger partial charge in [-0.05, 0) is 49.1 Å². The van der Waals surface area contributed by atoms with Crippen LogP contribution in [0.5, 0.6) is 0 Å². The highest BCUT2D eigenvalue weighted by atomic mass is 35.5. The number of hydrogen-bond donors (Lipinski definition) is 2. The Kier molecular flexibility index (Phi) is 5.34. The number of nitrogens with two attached hydrogens (primary N) is 1. The number of benzene rings is 1. The van der Waals surface area contributed by atoms with Crippen LogP contribution in [0.4, 0.5) is 26.7 Å². The summed E-state index contributed by atoms with van der Waals surface area (Å²) in [5.41, 5.74) is 3.75. The van der Waals surface area contributed by atoms with E-state index in [1.165, 1.54) is 0 Å². The highest BCUT2D eigenvalue weighted by molar-refractivity contribution is 6.31. The van der Waals surface area contributed by atoms with E-state index >= 15 is 4.39 Å². The number of nitrogens with zero attached hydrogens (tertiary/aromatic N) is 1. The lowest BCUT2D eigenvalue weighted by atomic mass is 9.58. The van der Waals surface area contributed by atoms with Crippen LogP contribution in [0.25, 0.3) is 0 Å². The number of piperazine rings is 1. The van der Waals surface area contributed by atoms with Gasteiger partial charge in [0.25, 0.3) is 0 Å². The molecule has 3 N–H and O–H groups in total. The molecular weight excluding hydrogens is 445 g/mol. The third kappa shape index (κ3) is 3.43. The number of amides is 3. The van der Waals surface area contributed by atoms with E-state index in [9.17, 15) is 27.2 Å². The Bertz CT molecular complexity index is 917. The molecule has 0 bridgehead atoms. The Hall–Kier alpha value is -2.10. The molecule has 1 heterocycles. The van der Waals surface area contributed by atoms with Gasteiger partial charge in [0.2, 0.25) is 5.91 Å². The molecule has 0 aromatic heterocycles. The molecule has 1 saturated heterocycles. The second-order valence-corrected chi connectivity index (χ2v) is 8.94. The van der Waals surface area contributed by atoms with Crippen molar-refractivity contribution in [3.8, 4) is 0 Å². The van der Waals surface area contributed by atoms with E-state index in [-0.39, 0.29) is 31.5 Å². The van der Waals surface area contributed by atoms with Gasteiger partial charge in [0.1, 0.15) is 22.2 Å². The summed E-state index contributed by atoms with van der Waals surface area (Å²) in [6, 6.07) is 1.11. The number of alkyl halides is 3. The summed E-state index contributed by atoms with van der Waals surface area (Å²) < 4.78 is 68.7. The molecule has 2 saturated carbocycles. The lowest BCUT2D eigenvalue weighted by Gasteiger charge is -2.55. The van der Waals surface area contributed by atoms with E-state index in [0.29, 0.717) is 12.8 Å². The average molecular weight is 466 g/mol. The monoisotopic (exact) mass is 465 g/mol. The lowest BCUT2D eigenvalue weighted by molar-refractivity contribution is -0.209. The molecule has 0 radical (unpaired) electrons. The van der Waals surface area contributed by atoms with Crippen molar-refractivity contribution in [3.63, 3.8) is 0 Å².